The number of ether oxygens (including phenoxy) is 3. The number of rotatable bonds is 9. The lowest BCUT2D eigenvalue weighted by Crippen LogP contribution is -2.25. The Bertz CT molecular complexity index is 712. The van der Waals surface area contributed by atoms with E-state index in [1.54, 1.807) is 32.0 Å². The van der Waals surface area contributed by atoms with Crippen LogP contribution < -0.4 is 9.47 Å². The van der Waals surface area contributed by atoms with Crippen LogP contribution in [0.1, 0.15) is 33.6 Å². The fourth-order valence-electron chi connectivity index (χ4n) is 2.36. The molecule has 140 valence electrons. The van der Waals surface area contributed by atoms with E-state index in [-0.39, 0.29) is 11.6 Å². The van der Waals surface area contributed by atoms with Gasteiger partial charge in [0.15, 0.2) is 17.7 Å². The molecule has 2 aromatic rings. The van der Waals surface area contributed by atoms with Gasteiger partial charge in [-0.3, -0.25) is 0 Å². The van der Waals surface area contributed by atoms with Crippen LogP contribution in [-0.2, 0) is 9.53 Å². The monoisotopic (exact) mass is 360 g/mol. The number of unbranched alkanes of at least 4 members (excludes halogenated alkanes) is 1. The predicted molar refractivity (Wildman–Crippen MR) is 99.0 cm³/mol. The summed E-state index contributed by atoms with van der Waals surface area (Å²) >= 11 is 0. The van der Waals surface area contributed by atoms with Gasteiger partial charge in [-0.25, -0.2) is 9.18 Å². The standard InChI is InChI=1S/C21H25FO4/c1-4-6-13-25-20-12-9-17(14-19(20)22)16-7-10-18(11-8-16)26-15(3)21(23)24-5-2/h7-12,14-15H,4-6,13H2,1-3H3. The lowest BCUT2D eigenvalue weighted by molar-refractivity contribution is -0.150. The lowest BCUT2D eigenvalue weighted by atomic mass is 10.1. The number of hydrogen-bond acceptors (Lipinski definition) is 4. The quantitative estimate of drug-likeness (QED) is 0.466. The van der Waals surface area contributed by atoms with Crippen LogP contribution in [0.15, 0.2) is 42.5 Å². The zero-order valence-corrected chi connectivity index (χ0v) is 15.5. The van der Waals surface area contributed by atoms with Gasteiger partial charge in [0.2, 0.25) is 0 Å². The number of carbonyl (C=O) groups excluding carboxylic acids is 1. The number of benzene rings is 2. The first-order valence-electron chi connectivity index (χ1n) is 8.91. The molecule has 0 amide bonds. The van der Waals surface area contributed by atoms with Gasteiger partial charge in [-0.15, -0.1) is 0 Å². The summed E-state index contributed by atoms with van der Waals surface area (Å²) in [6, 6.07) is 12.1. The van der Waals surface area contributed by atoms with Crippen molar-refractivity contribution in [3.05, 3.63) is 48.3 Å². The van der Waals surface area contributed by atoms with E-state index in [0.29, 0.717) is 19.0 Å². The van der Waals surface area contributed by atoms with Gasteiger partial charge in [-0.2, -0.15) is 0 Å². The minimum atomic E-state index is -0.683. The molecule has 0 saturated carbocycles. The summed E-state index contributed by atoms with van der Waals surface area (Å²) in [4.78, 5) is 11.6. The summed E-state index contributed by atoms with van der Waals surface area (Å²) < 4.78 is 30.1. The molecule has 1 atom stereocenters. The predicted octanol–water partition coefficient (Wildman–Crippen LogP) is 5.00. The molecule has 0 aromatic heterocycles. The van der Waals surface area contributed by atoms with Gasteiger partial charge < -0.3 is 14.2 Å². The molecule has 0 N–H and O–H groups in total. The summed E-state index contributed by atoms with van der Waals surface area (Å²) in [6.45, 7) is 6.27. The van der Waals surface area contributed by atoms with Crippen molar-refractivity contribution in [1.82, 2.24) is 0 Å². The van der Waals surface area contributed by atoms with Crippen LogP contribution in [0.5, 0.6) is 11.5 Å². The van der Waals surface area contributed by atoms with Crippen LogP contribution in [0.25, 0.3) is 11.1 Å². The molecule has 0 aliphatic heterocycles. The van der Waals surface area contributed by atoms with Gasteiger partial charge in [-0.05, 0) is 55.7 Å². The Morgan fingerprint density at radius 3 is 2.38 bits per heavy atom. The van der Waals surface area contributed by atoms with Crippen molar-refractivity contribution in [2.45, 2.75) is 39.7 Å². The molecular formula is C21H25FO4. The topological polar surface area (TPSA) is 44.8 Å². The SMILES string of the molecule is CCCCOc1ccc(-c2ccc(OC(C)C(=O)OCC)cc2)cc1F. The van der Waals surface area contributed by atoms with Crippen molar-refractivity contribution < 1.29 is 23.4 Å². The summed E-state index contributed by atoms with van der Waals surface area (Å²) in [7, 11) is 0. The second-order valence-corrected chi connectivity index (χ2v) is 5.88. The fourth-order valence-corrected chi connectivity index (χ4v) is 2.36. The van der Waals surface area contributed by atoms with E-state index < -0.39 is 12.1 Å². The van der Waals surface area contributed by atoms with E-state index in [2.05, 4.69) is 6.92 Å². The Labute approximate surface area is 153 Å². The Hall–Kier alpha value is -2.56. The summed E-state index contributed by atoms with van der Waals surface area (Å²) in [5.74, 6) is 0.0341. The molecule has 2 aromatic carbocycles. The Balaban J connectivity index is 2.03. The molecule has 2 rings (SSSR count). The van der Waals surface area contributed by atoms with E-state index in [4.69, 9.17) is 14.2 Å². The third kappa shape index (κ3) is 5.48. The summed E-state index contributed by atoms with van der Waals surface area (Å²) in [5, 5.41) is 0. The van der Waals surface area contributed by atoms with Gasteiger partial charge in [0.05, 0.1) is 13.2 Å². The molecule has 26 heavy (non-hydrogen) atoms. The normalized spacial score (nSPS) is 11.7. The highest BCUT2D eigenvalue weighted by Crippen LogP contribution is 2.27. The van der Waals surface area contributed by atoms with Crippen molar-refractivity contribution in [3.8, 4) is 22.6 Å². The molecular weight excluding hydrogens is 335 g/mol. The first kappa shape index (κ1) is 19.8. The highest BCUT2D eigenvalue weighted by Gasteiger charge is 2.15. The Kier molecular flexibility index (Phi) is 7.45. The van der Waals surface area contributed by atoms with Crippen molar-refractivity contribution in [2.75, 3.05) is 13.2 Å². The Morgan fingerprint density at radius 1 is 1.08 bits per heavy atom. The van der Waals surface area contributed by atoms with Crippen molar-refractivity contribution >= 4 is 5.97 Å². The van der Waals surface area contributed by atoms with Crippen LogP contribution >= 0.6 is 0 Å². The first-order chi connectivity index (χ1) is 12.5. The molecule has 0 aliphatic rings. The molecule has 0 radical (unpaired) electrons. The smallest absolute Gasteiger partial charge is 0.347 e. The molecule has 0 saturated heterocycles. The van der Waals surface area contributed by atoms with Crippen molar-refractivity contribution in [2.24, 2.45) is 0 Å². The van der Waals surface area contributed by atoms with Gasteiger partial charge in [0.25, 0.3) is 0 Å². The van der Waals surface area contributed by atoms with E-state index >= 15 is 0 Å². The van der Waals surface area contributed by atoms with E-state index in [9.17, 15) is 9.18 Å². The third-order valence-corrected chi connectivity index (χ3v) is 3.81. The average molecular weight is 360 g/mol. The van der Waals surface area contributed by atoms with E-state index in [0.717, 1.165) is 24.0 Å². The maximum absolute atomic E-state index is 14.2. The number of halogens is 1. The zero-order chi connectivity index (χ0) is 18.9. The summed E-state index contributed by atoms with van der Waals surface area (Å²) in [5.41, 5.74) is 1.59. The largest absolute Gasteiger partial charge is 0.491 e. The Morgan fingerprint density at radius 2 is 1.77 bits per heavy atom. The molecule has 1 unspecified atom stereocenters. The van der Waals surface area contributed by atoms with Crippen LogP contribution in [-0.4, -0.2) is 25.3 Å². The van der Waals surface area contributed by atoms with Gasteiger partial charge in [0, 0.05) is 0 Å². The van der Waals surface area contributed by atoms with Gasteiger partial charge in [-0.1, -0.05) is 31.5 Å². The lowest BCUT2D eigenvalue weighted by Gasteiger charge is -2.14. The molecule has 0 fully saturated rings. The van der Waals surface area contributed by atoms with Crippen LogP contribution in [0.4, 0.5) is 4.39 Å². The molecule has 0 aliphatic carbocycles. The first-order valence-corrected chi connectivity index (χ1v) is 8.91. The minimum Gasteiger partial charge on any atom is -0.491 e. The van der Waals surface area contributed by atoms with Gasteiger partial charge >= 0.3 is 5.97 Å². The second kappa shape index (κ2) is 9.80. The third-order valence-electron chi connectivity index (χ3n) is 3.81. The minimum absolute atomic E-state index is 0.269. The maximum atomic E-state index is 14.2. The molecule has 0 heterocycles. The highest BCUT2D eigenvalue weighted by atomic mass is 19.1. The molecule has 0 spiro atoms. The van der Waals surface area contributed by atoms with Crippen molar-refractivity contribution in [3.63, 3.8) is 0 Å². The number of carbonyl (C=O) groups is 1. The van der Waals surface area contributed by atoms with Crippen LogP contribution in [0.2, 0.25) is 0 Å². The molecule has 4 nitrogen and oxygen atoms in total. The van der Waals surface area contributed by atoms with E-state index in [1.165, 1.54) is 6.07 Å². The van der Waals surface area contributed by atoms with E-state index in [1.807, 2.05) is 18.2 Å². The zero-order valence-electron chi connectivity index (χ0n) is 15.5. The second-order valence-electron chi connectivity index (χ2n) is 5.88. The maximum Gasteiger partial charge on any atom is 0.347 e. The summed E-state index contributed by atoms with van der Waals surface area (Å²) in [6.07, 6.45) is 1.22. The number of hydrogen-bond donors (Lipinski definition) is 0. The van der Waals surface area contributed by atoms with Crippen LogP contribution in [0, 0.1) is 5.82 Å². The highest BCUT2D eigenvalue weighted by molar-refractivity contribution is 5.74. The molecule has 0 bridgehead atoms. The fraction of sp³-hybridized carbons (Fsp3) is 0.381. The van der Waals surface area contributed by atoms with Crippen LogP contribution in [0.3, 0.4) is 0 Å². The van der Waals surface area contributed by atoms with Crippen molar-refractivity contribution in [1.29, 1.82) is 0 Å². The number of esters is 1. The molecule has 5 heteroatoms. The van der Waals surface area contributed by atoms with Gasteiger partial charge in [0.1, 0.15) is 5.75 Å². The average Bonchev–Trinajstić information content (AvgIpc) is 2.64.